The molecule has 3 rings (SSSR count). The van der Waals surface area contributed by atoms with Crippen LogP contribution in [0, 0.1) is 0 Å². The van der Waals surface area contributed by atoms with Crippen molar-refractivity contribution in [2.45, 2.75) is 19.4 Å². The molecule has 2 heterocycles. The number of nitrogens with zero attached hydrogens (tertiary/aromatic N) is 3. The maximum Gasteiger partial charge on any atom is 0.321 e. The number of aromatic nitrogens is 1. The van der Waals surface area contributed by atoms with Gasteiger partial charge in [0.1, 0.15) is 5.75 Å². The quantitative estimate of drug-likeness (QED) is 0.683. The van der Waals surface area contributed by atoms with E-state index in [1.807, 2.05) is 24.3 Å². The van der Waals surface area contributed by atoms with Crippen LogP contribution in [0.1, 0.15) is 16.1 Å². The van der Waals surface area contributed by atoms with Crippen molar-refractivity contribution in [3.63, 3.8) is 0 Å². The Labute approximate surface area is 174 Å². The summed E-state index contributed by atoms with van der Waals surface area (Å²) in [5.41, 5.74) is 1.94. The van der Waals surface area contributed by atoms with Gasteiger partial charge in [-0.05, 0) is 24.1 Å². The highest BCUT2D eigenvalue weighted by Crippen LogP contribution is 2.29. The molecule has 0 bridgehead atoms. The summed E-state index contributed by atoms with van der Waals surface area (Å²) >= 11 is 1.31. The number of methoxy groups -OCH3 is 1. The fraction of sp³-hybridized carbons (Fsp3) is 0.444. The number of ether oxygens (including phenoxy) is 1. The molecule has 1 aromatic carbocycles. The third kappa shape index (κ3) is 5.24. The fourth-order valence-corrected chi connectivity index (χ4v) is 5.08. The average Bonchev–Trinajstić information content (AvgIpc) is 3.09. The molecule has 0 radical (unpaired) electrons. The molecule has 0 saturated carbocycles. The Morgan fingerprint density at radius 3 is 2.69 bits per heavy atom. The van der Waals surface area contributed by atoms with Crippen LogP contribution in [0.15, 0.2) is 24.3 Å². The highest BCUT2D eigenvalue weighted by atomic mass is 32.2. The minimum Gasteiger partial charge on any atom is -0.497 e. The summed E-state index contributed by atoms with van der Waals surface area (Å²) < 4.78 is 32.4. The van der Waals surface area contributed by atoms with E-state index >= 15 is 0 Å². The first-order valence-electron chi connectivity index (χ1n) is 9.13. The molecule has 0 aliphatic carbocycles. The topological polar surface area (TPSA) is 104 Å². The molecule has 11 heteroatoms. The number of anilines is 1. The van der Waals surface area contributed by atoms with Gasteiger partial charge in [-0.1, -0.05) is 23.5 Å². The van der Waals surface area contributed by atoms with Gasteiger partial charge in [0, 0.05) is 38.5 Å². The van der Waals surface area contributed by atoms with Gasteiger partial charge in [0.2, 0.25) is 0 Å². The average molecular weight is 440 g/mol. The van der Waals surface area contributed by atoms with Crippen LogP contribution in [0.25, 0.3) is 0 Å². The SMILES string of the molecule is COc1ccc(CCNC(=O)Nc2nc3c(s2)CN(S(=O)(=O)N(C)C)CC3)cc1. The van der Waals surface area contributed by atoms with Gasteiger partial charge in [0.25, 0.3) is 10.2 Å². The number of nitrogens with one attached hydrogen (secondary N) is 2. The van der Waals surface area contributed by atoms with Crippen LogP contribution in [-0.2, 0) is 29.6 Å². The van der Waals surface area contributed by atoms with E-state index in [1.54, 1.807) is 7.11 Å². The number of benzene rings is 1. The number of amides is 2. The van der Waals surface area contributed by atoms with Crippen LogP contribution in [0.3, 0.4) is 0 Å². The Morgan fingerprint density at radius 1 is 1.31 bits per heavy atom. The van der Waals surface area contributed by atoms with E-state index in [-0.39, 0.29) is 12.6 Å². The molecule has 158 valence electrons. The lowest BCUT2D eigenvalue weighted by molar-refractivity contribution is 0.252. The molecule has 2 amide bonds. The van der Waals surface area contributed by atoms with Gasteiger partial charge < -0.3 is 10.1 Å². The minimum atomic E-state index is -3.46. The molecule has 2 N–H and O–H groups in total. The number of urea groups is 1. The van der Waals surface area contributed by atoms with Crippen molar-refractivity contribution in [3.8, 4) is 5.75 Å². The molecule has 0 unspecified atom stereocenters. The van der Waals surface area contributed by atoms with Crippen molar-refractivity contribution in [2.24, 2.45) is 0 Å². The molecule has 1 aliphatic rings. The first kappa shape index (κ1) is 21.5. The molecule has 0 atom stereocenters. The van der Waals surface area contributed by atoms with Gasteiger partial charge in [-0.3, -0.25) is 5.32 Å². The van der Waals surface area contributed by atoms with Crippen LogP contribution in [-0.4, -0.2) is 62.3 Å². The van der Waals surface area contributed by atoms with Crippen molar-refractivity contribution in [2.75, 3.05) is 39.6 Å². The van der Waals surface area contributed by atoms with Gasteiger partial charge in [0.05, 0.1) is 19.3 Å². The van der Waals surface area contributed by atoms with Crippen LogP contribution < -0.4 is 15.4 Å². The number of fused-ring (bicyclic) bond motifs is 1. The second-order valence-electron chi connectivity index (χ2n) is 6.74. The summed E-state index contributed by atoms with van der Waals surface area (Å²) in [6, 6.07) is 7.36. The van der Waals surface area contributed by atoms with Crippen molar-refractivity contribution >= 4 is 32.7 Å². The zero-order valence-electron chi connectivity index (χ0n) is 16.6. The highest BCUT2D eigenvalue weighted by Gasteiger charge is 2.30. The lowest BCUT2D eigenvalue weighted by atomic mass is 10.1. The Morgan fingerprint density at radius 2 is 2.03 bits per heavy atom. The maximum absolute atomic E-state index is 12.3. The first-order chi connectivity index (χ1) is 13.8. The predicted octanol–water partition coefficient (Wildman–Crippen LogP) is 1.68. The summed E-state index contributed by atoms with van der Waals surface area (Å²) in [5, 5.41) is 6.02. The summed E-state index contributed by atoms with van der Waals surface area (Å²) in [4.78, 5) is 17.4. The van der Waals surface area contributed by atoms with Gasteiger partial charge in [0.15, 0.2) is 5.13 Å². The summed E-state index contributed by atoms with van der Waals surface area (Å²) in [5.74, 6) is 0.795. The number of carbonyl (C=O) groups is 1. The van der Waals surface area contributed by atoms with E-state index < -0.39 is 10.2 Å². The molecular formula is C18H25N5O4S2. The highest BCUT2D eigenvalue weighted by molar-refractivity contribution is 7.86. The summed E-state index contributed by atoms with van der Waals surface area (Å²) in [6.45, 7) is 1.14. The second kappa shape index (κ2) is 9.08. The molecule has 29 heavy (non-hydrogen) atoms. The van der Waals surface area contributed by atoms with Crippen molar-refractivity contribution in [3.05, 3.63) is 40.4 Å². The number of carbonyl (C=O) groups excluding carboxylic acids is 1. The summed E-state index contributed by atoms with van der Waals surface area (Å²) in [7, 11) is 1.19. The Hall–Kier alpha value is -2.21. The standard InChI is InChI=1S/C18H25N5O4S2/c1-22(2)29(25,26)23-11-9-15-16(12-23)28-18(20-15)21-17(24)19-10-8-13-4-6-14(27-3)7-5-13/h4-7H,8-12H2,1-3H3,(H2,19,20,21,24). The third-order valence-corrected chi connectivity index (χ3v) is 7.45. The molecule has 1 aromatic heterocycles. The number of hydrogen-bond acceptors (Lipinski definition) is 6. The maximum atomic E-state index is 12.3. The third-order valence-electron chi connectivity index (χ3n) is 4.56. The normalized spacial score (nSPS) is 14.5. The monoisotopic (exact) mass is 439 g/mol. The van der Waals surface area contributed by atoms with Crippen molar-refractivity contribution in [1.29, 1.82) is 0 Å². The molecule has 9 nitrogen and oxygen atoms in total. The van der Waals surface area contributed by atoms with Gasteiger partial charge in [-0.15, -0.1) is 0 Å². The van der Waals surface area contributed by atoms with Crippen LogP contribution in [0.4, 0.5) is 9.93 Å². The number of hydrogen-bond donors (Lipinski definition) is 2. The Balaban J connectivity index is 1.51. The Kier molecular flexibility index (Phi) is 6.73. The van der Waals surface area contributed by atoms with Crippen LogP contribution in [0.2, 0.25) is 0 Å². The van der Waals surface area contributed by atoms with E-state index in [9.17, 15) is 13.2 Å². The van der Waals surface area contributed by atoms with Crippen molar-refractivity contribution in [1.82, 2.24) is 18.9 Å². The smallest absolute Gasteiger partial charge is 0.321 e. The van der Waals surface area contributed by atoms with Crippen LogP contribution in [0.5, 0.6) is 5.75 Å². The molecule has 1 aliphatic heterocycles. The lowest BCUT2D eigenvalue weighted by Gasteiger charge is -2.27. The van der Waals surface area contributed by atoms with Crippen molar-refractivity contribution < 1.29 is 17.9 Å². The van der Waals surface area contributed by atoms with E-state index in [0.717, 1.165) is 21.9 Å². The number of rotatable bonds is 7. The minimum absolute atomic E-state index is 0.272. The van der Waals surface area contributed by atoms with Crippen LogP contribution >= 0.6 is 11.3 Å². The van der Waals surface area contributed by atoms with Gasteiger partial charge >= 0.3 is 6.03 Å². The number of thiazole rings is 1. The zero-order valence-corrected chi connectivity index (χ0v) is 18.3. The van der Waals surface area contributed by atoms with E-state index in [2.05, 4.69) is 15.6 Å². The zero-order chi connectivity index (χ0) is 21.0. The van der Waals surface area contributed by atoms with Gasteiger partial charge in [-0.25, -0.2) is 9.78 Å². The van der Waals surface area contributed by atoms with E-state index in [1.165, 1.54) is 34.0 Å². The molecule has 0 fully saturated rings. The first-order valence-corrected chi connectivity index (χ1v) is 11.3. The molecule has 0 spiro atoms. The second-order valence-corrected chi connectivity index (χ2v) is 9.97. The predicted molar refractivity (Wildman–Crippen MR) is 113 cm³/mol. The fourth-order valence-electron chi connectivity index (χ4n) is 2.91. The lowest BCUT2D eigenvalue weighted by Crippen LogP contribution is -2.42. The van der Waals surface area contributed by atoms with Gasteiger partial charge in [-0.2, -0.15) is 17.0 Å². The Bertz CT molecular complexity index is 957. The molecular weight excluding hydrogens is 414 g/mol. The molecule has 0 saturated heterocycles. The largest absolute Gasteiger partial charge is 0.497 e. The summed E-state index contributed by atoms with van der Waals surface area (Å²) in [6.07, 6.45) is 1.23. The molecule has 2 aromatic rings. The van der Waals surface area contributed by atoms with E-state index in [4.69, 9.17) is 4.74 Å². The van der Waals surface area contributed by atoms with E-state index in [0.29, 0.717) is 31.1 Å².